The molecule has 0 aliphatic carbocycles. The molecule has 2 aliphatic rings. The summed E-state index contributed by atoms with van der Waals surface area (Å²) in [6.45, 7) is 1.61. The highest BCUT2D eigenvalue weighted by atomic mass is 35.5. The van der Waals surface area contributed by atoms with Gasteiger partial charge in [-0.05, 0) is 43.2 Å². The zero-order valence-corrected chi connectivity index (χ0v) is 25.2. The molecule has 2 N–H and O–H groups in total. The van der Waals surface area contributed by atoms with E-state index in [1.54, 1.807) is 17.1 Å². The van der Waals surface area contributed by atoms with E-state index in [9.17, 15) is 26.4 Å². The predicted octanol–water partition coefficient (Wildman–Crippen LogP) is 4.66. The number of amides is 1. The molecule has 0 saturated carbocycles. The Labute approximate surface area is 256 Å². The molecule has 43 heavy (non-hydrogen) atoms. The van der Waals surface area contributed by atoms with Crippen LogP contribution >= 0.6 is 23.2 Å². The number of hydrazine groups is 1. The van der Waals surface area contributed by atoms with Crippen LogP contribution in [0, 0.1) is 0 Å². The lowest BCUT2D eigenvalue weighted by atomic mass is 10.0. The van der Waals surface area contributed by atoms with Gasteiger partial charge in [0.05, 0.1) is 35.2 Å². The van der Waals surface area contributed by atoms with Crippen molar-refractivity contribution >= 4 is 39.3 Å². The molecule has 3 aromatic rings. The zero-order chi connectivity index (χ0) is 30.8. The third-order valence-corrected chi connectivity index (χ3v) is 9.27. The highest BCUT2D eigenvalue weighted by Crippen LogP contribution is 2.36. The maximum atomic E-state index is 13.7. The van der Waals surface area contributed by atoms with Crippen molar-refractivity contribution in [2.24, 2.45) is 0 Å². The lowest BCUT2D eigenvalue weighted by Crippen LogP contribution is -2.47. The van der Waals surface area contributed by atoms with Gasteiger partial charge >= 0.3 is 6.18 Å². The Bertz CT molecular complexity index is 1570. The van der Waals surface area contributed by atoms with E-state index in [0.29, 0.717) is 18.1 Å². The third kappa shape index (κ3) is 7.33. The summed E-state index contributed by atoms with van der Waals surface area (Å²) in [6.07, 6.45) is -1.77. The van der Waals surface area contributed by atoms with Crippen molar-refractivity contribution < 1.29 is 31.1 Å². The molecule has 1 amide bonds. The second-order valence-electron chi connectivity index (χ2n) is 10.1. The van der Waals surface area contributed by atoms with Gasteiger partial charge in [-0.25, -0.2) is 9.69 Å². The first-order chi connectivity index (χ1) is 20.4. The molecular weight excluding hydrogens is 632 g/mol. The number of rotatable bonds is 8. The van der Waals surface area contributed by atoms with Crippen molar-refractivity contribution in [2.75, 3.05) is 39.4 Å². The number of ether oxygens (including phenoxy) is 1. The van der Waals surface area contributed by atoms with Crippen molar-refractivity contribution in [3.05, 3.63) is 69.3 Å². The van der Waals surface area contributed by atoms with Gasteiger partial charge in [0.25, 0.3) is 16.1 Å². The van der Waals surface area contributed by atoms with Gasteiger partial charge in [-0.2, -0.15) is 35.7 Å². The quantitative estimate of drug-likeness (QED) is 0.364. The standard InChI is InChI=1S/C27H29Cl2F3N6O4S/c28-20-8-9-23(22(29)16-20)38-25(18-4-6-19(7-5-18)27(30,31)32)21(17-33-43(40,41)37-12-14-42-15-13-37)24(34-38)26(39)35-36-10-2-1-3-11-36/h4-9,16,33H,1-3,10-15,17H2,(H,35,39). The summed E-state index contributed by atoms with van der Waals surface area (Å²) in [4.78, 5) is 13.7. The van der Waals surface area contributed by atoms with Gasteiger partial charge in [0.1, 0.15) is 0 Å². The van der Waals surface area contributed by atoms with Crippen LogP contribution in [0.2, 0.25) is 10.0 Å². The molecule has 0 atom stereocenters. The number of piperidine rings is 1. The molecule has 1 aromatic heterocycles. The molecular formula is C27H29Cl2F3N6O4S. The summed E-state index contributed by atoms with van der Waals surface area (Å²) < 4.78 is 76.9. The molecule has 2 saturated heterocycles. The molecule has 232 valence electrons. The fraction of sp³-hybridized carbons (Fsp3) is 0.407. The monoisotopic (exact) mass is 660 g/mol. The number of morpholine rings is 1. The number of alkyl halides is 3. The van der Waals surface area contributed by atoms with Crippen molar-refractivity contribution in [2.45, 2.75) is 32.0 Å². The van der Waals surface area contributed by atoms with E-state index >= 15 is 0 Å². The van der Waals surface area contributed by atoms with Crippen LogP contribution in [0.1, 0.15) is 40.9 Å². The molecule has 2 fully saturated rings. The van der Waals surface area contributed by atoms with Crippen molar-refractivity contribution in [3.8, 4) is 16.9 Å². The Kier molecular flexibility index (Phi) is 9.66. The molecule has 3 heterocycles. The Balaban J connectivity index is 1.64. The topological polar surface area (TPSA) is 109 Å². The second kappa shape index (κ2) is 13.1. The minimum Gasteiger partial charge on any atom is -0.379 e. The van der Waals surface area contributed by atoms with Gasteiger partial charge in [0, 0.05) is 48.9 Å². The molecule has 0 spiro atoms. The van der Waals surface area contributed by atoms with E-state index in [1.807, 2.05) is 0 Å². The first-order valence-electron chi connectivity index (χ1n) is 13.6. The van der Waals surface area contributed by atoms with E-state index < -0.39 is 27.9 Å². The van der Waals surface area contributed by atoms with E-state index in [0.717, 1.165) is 31.4 Å². The summed E-state index contributed by atoms with van der Waals surface area (Å²) >= 11 is 12.6. The minimum atomic E-state index is -4.58. The first kappa shape index (κ1) is 31.7. The third-order valence-electron chi connectivity index (χ3n) is 7.18. The van der Waals surface area contributed by atoms with E-state index in [4.69, 9.17) is 27.9 Å². The summed E-state index contributed by atoms with van der Waals surface area (Å²) in [7, 11) is -4.01. The number of benzene rings is 2. The van der Waals surface area contributed by atoms with E-state index in [1.165, 1.54) is 27.2 Å². The average molecular weight is 662 g/mol. The maximum Gasteiger partial charge on any atom is 0.416 e. The molecule has 0 unspecified atom stereocenters. The van der Waals surface area contributed by atoms with Crippen LogP contribution in [-0.4, -0.2) is 72.8 Å². The number of hydrogen-bond acceptors (Lipinski definition) is 6. The number of nitrogens with one attached hydrogen (secondary N) is 2. The Hall–Kier alpha value is -2.72. The van der Waals surface area contributed by atoms with Gasteiger partial charge in [0.2, 0.25) is 0 Å². The van der Waals surface area contributed by atoms with Crippen LogP contribution in [0.3, 0.4) is 0 Å². The Morgan fingerprint density at radius 1 is 0.977 bits per heavy atom. The lowest BCUT2D eigenvalue weighted by Gasteiger charge is -2.27. The number of nitrogens with zero attached hydrogens (tertiary/aromatic N) is 4. The molecule has 10 nitrogen and oxygen atoms in total. The smallest absolute Gasteiger partial charge is 0.379 e. The number of halogens is 5. The molecule has 2 aliphatic heterocycles. The van der Waals surface area contributed by atoms with E-state index in [-0.39, 0.29) is 66.1 Å². The fourth-order valence-corrected chi connectivity index (χ4v) is 6.61. The van der Waals surface area contributed by atoms with Gasteiger partial charge < -0.3 is 4.74 Å². The largest absolute Gasteiger partial charge is 0.416 e. The minimum absolute atomic E-state index is 0.115. The molecule has 0 bridgehead atoms. The number of aromatic nitrogens is 2. The van der Waals surface area contributed by atoms with Gasteiger partial charge in [0.15, 0.2) is 5.69 Å². The van der Waals surface area contributed by atoms with Gasteiger partial charge in [-0.1, -0.05) is 41.8 Å². The normalized spacial score (nSPS) is 17.2. The number of carbonyl (C=O) groups is 1. The van der Waals surface area contributed by atoms with Crippen LogP contribution in [0.4, 0.5) is 13.2 Å². The van der Waals surface area contributed by atoms with Crippen molar-refractivity contribution in [1.29, 1.82) is 0 Å². The highest BCUT2D eigenvalue weighted by molar-refractivity contribution is 7.87. The maximum absolute atomic E-state index is 13.7. The number of carbonyl (C=O) groups excluding carboxylic acids is 1. The van der Waals surface area contributed by atoms with Crippen LogP contribution in [0.25, 0.3) is 16.9 Å². The first-order valence-corrected chi connectivity index (χ1v) is 15.8. The molecule has 2 aromatic carbocycles. The van der Waals surface area contributed by atoms with Crippen molar-refractivity contribution in [3.63, 3.8) is 0 Å². The lowest BCUT2D eigenvalue weighted by molar-refractivity contribution is -0.137. The SMILES string of the molecule is O=C(NN1CCCCC1)c1nn(-c2ccc(Cl)cc2Cl)c(-c2ccc(C(F)(F)F)cc2)c1CNS(=O)(=O)N1CCOCC1. The zero-order valence-electron chi connectivity index (χ0n) is 22.8. The van der Waals surface area contributed by atoms with Crippen molar-refractivity contribution in [1.82, 2.24) is 29.2 Å². The molecule has 5 rings (SSSR count). The van der Waals surface area contributed by atoms with Crippen LogP contribution < -0.4 is 10.1 Å². The van der Waals surface area contributed by atoms with Gasteiger partial charge in [-0.15, -0.1) is 0 Å². The van der Waals surface area contributed by atoms with E-state index in [2.05, 4.69) is 15.2 Å². The van der Waals surface area contributed by atoms with Gasteiger partial charge in [-0.3, -0.25) is 10.2 Å². The summed E-state index contributed by atoms with van der Waals surface area (Å²) in [5.41, 5.74) is 2.74. The Morgan fingerprint density at radius 3 is 2.28 bits per heavy atom. The second-order valence-corrected chi connectivity index (χ2v) is 12.7. The highest BCUT2D eigenvalue weighted by Gasteiger charge is 2.32. The van der Waals surface area contributed by atoms with Crippen LogP contribution in [0.5, 0.6) is 0 Å². The Morgan fingerprint density at radius 2 is 1.65 bits per heavy atom. The summed E-state index contributed by atoms with van der Waals surface area (Å²) in [6, 6.07) is 8.87. The average Bonchev–Trinajstić information content (AvgIpc) is 3.36. The predicted molar refractivity (Wildman–Crippen MR) is 155 cm³/mol. The molecule has 0 radical (unpaired) electrons. The number of hydrogen-bond donors (Lipinski definition) is 2. The molecule has 16 heteroatoms. The summed E-state index contributed by atoms with van der Waals surface area (Å²) in [5, 5.41) is 6.81. The summed E-state index contributed by atoms with van der Waals surface area (Å²) in [5.74, 6) is -0.598. The van der Waals surface area contributed by atoms with Crippen LogP contribution in [0.15, 0.2) is 42.5 Å². The van der Waals surface area contributed by atoms with Crippen LogP contribution in [-0.2, 0) is 27.7 Å². The fourth-order valence-electron chi connectivity index (χ4n) is 4.99.